The summed E-state index contributed by atoms with van der Waals surface area (Å²) in [5, 5.41) is 5.80. The minimum Gasteiger partial charge on any atom is -0.465 e. The van der Waals surface area contributed by atoms with Crippen molar-refractivity contribution in [2.75, 3.05) is 23.9 Å². The number of esters is 1. The zero-order valence-corrected chi connectivity index (χ0v) is 16.2. The van der Waals surface area contributed by atoms with Crippen LogP contribution in [0.2, 0.25) is 5.02 Å². The number of hydrogen-bond acceptors (Lipinski definition) is 4. The fourth-order valence-corrected chi connectivity index (χ4v) is 3.32. The Bertz CT molecular complexity index is 931. The first-order chi connectivity index (χ1) is 13.4. The van der Waals surface area contributed by atoms with Crippen molar-refractivity contribution in [1.82, 2.24) is 5.32 Å². The lowest BCUT2D eigenvalue weighted by Gasteiger charge is -2.18. The number of halogens is 1. The number of para-hydroxylation sites is 1. The van der Waals surface area contributed by atoms with Crippen LogP contribution in [0, 0.1) is 6.92 Å². The lowest BCUT2D eigenvalue weighted by molar-refractivity contribution is -0.118. The second kappa shape index (κ2) is 8.31. The minimum atomic E-state index is -0.651. The van der Waals surface area contributed by atoms with E-state index >= 15 is 0 Å². The molecule has 0 bridgehead atoms. The third-order valence-corrected chi connectivity index (χ3v) is 4.87. The van der Waals surface area contributed by atoms with Crippen molar-refractivity contribution in [2.24, 2.45) is 0 Å². The predicted molar refractivity (Wildman–Crippen MR) is 107 cm³/mol. The van der Waals surface area contributed by atoms with Crippen molar-refractivity contribution in [2.45, 2.75) is 19.4 Å². The molecular formula is C20H20ClN3O4. The highest BCUT2D eigenvalue weighted by molar-refractivity contribution is 6.34. The molecule has 0 spiro atoms. The number of nitrogens with zero attached hydrogens (tertiary/aromatic N) is 1. The lowest BCUT2D eigenvalue weighted by atomic mass is 10.1. The number of anilines is 2. The topological polar surface area (TPSA) is 87.7 Å². The summed E-state index contributed by atoms with van der Waals surface area (Å²) in [6.45, 7) is 2.24. The van der Waals surface area contributed by atoms with E-state index in [0.29, 0.717) is 34.9 Å². The maximum absolute atomic E-state index is 12.6. The summed E-state index contributed by atoms with van der Waals surface area (Å²) in [6, 6.07) is 10.8. The van der Waals surface area contributed by atoms with Gasteiger partial charge in [0.05, 0.1) is 23.4 Å². The van der Waals surface area contributed by atoms with Gasteiger partial charge >= 0.3 is 12.0 Å². The van der Waals surface area contributed by atoms with Crippen molar-refractivity contribution in [3.63, 3.8) is 0 Å². The van der Waals surface area contributed by atoms with Crippen LogP contribution in [0.5, 0.6) is 0 Å². The van der Waals surface area contributed by atoms with Crippen LogP contribution >= 0.6 is 11.6 Å². The number of carbonyl (C=O) groups is 3. The van der Waals surface area contributed by atoms with Crippen molar-refractivity contribution < 1.29 is 19.1 Å². The molecule has 146 valence electrons. The summed E-state index contributed by atoms with van der Waals surface area (Å²) in [7, 11) is 1.30. The van der Waals surface area contributed by atoms with Gasteiger partial charge in [0.15, 0.2) is 0 Å². The molecular weight excluding hydrogens is 382 g/mol. The van der Waals surface area contributed by atoms with Gasteiger partial charge in [-0.2, -0.15) is 0 Å². The van der Waals surface area contributed by atoms with Crippen LogP contribution in [-0.4, -0.2) is 37.6 Å². The molecule has 2 aromatic rings. The molecule has 1 heterocycles. The highest BCUT2D eigenvalue weighted by Gasteiger charge is 2.34. The first kappa shape index (κ1) is 19.7. The SMILES string of the molecule is COC(=O)c1cc(NC(=O)NC2CCN(c3ccccc3Cl)C2=O)ccc1C. The van der Waals surface area contributed by atoms with Crippen LogP contribution in [0.1, 0.15) is 22.3 Å². The van der Waals surface area contributed by atoms with Crippen LogP contribution in [0.4, 0.5) is 16.2 Å². The van der Waals surface area contributed by atoms with Crippen LogP contribution in [0.3, 0.4) is 0 Å². The van der Waals surface area contributed by atoms with Gasteiger partial charge in [-0.25, -0.2) is 9.59 Å². The van der Waals surface area contributed by atoms with Crippen LogP contribution < -0.4 is 15.5 Å². The van der Waals surface area contributed by atoms with Gasteiger partial charge in [-0.1, -0.05) is 29.8 Å². The maximum atomic E-state index is 12.6. The number of benzene rings is 2. The fraction of sp³-hybridized carbons (Fsp3) is 0.250. The fourth-order valence-electron chi connectivity index (χ4n) is 3.08. The zero-order valence-electron chi connectivity index (χ0n) is 15.5. The molecule has 1 fully saturated rings. The Morgan fingerprint density at radius 1 is 1.21 bits per heavy atom. The van der Waals surface area contributed by atoms with E-state index in [-0.39, 0.29) is 5.91 Å². The van der Waals surface area contributed by atoms with Crippen molar-refractivity contribution in [3.05, 3.63) is 58.6 Å². The largest absolute Gasteiger partial charge is 0.465 e. The monoisotopic (exact) mass is 401 g/mol. The molecule has 0 radical (unpaired) electrons. The van der Waals surface area contributed by atoms with E-state index in [1.165, 1.54) is 13.2 Å². The summed E-state index contributed by atoms with van der Waals surface area (Å²) in [4.78, 5) is 38.3. The van der Waals surface area contributed by atoms with Gasteiger partial charge in [0.25, 0.3) is 0 Å². The first-order valence-electron chi connectivity index (χ1n) is 8.73. The molecule has 3 rings (SSSR count). The van der Waals surface area contributed by atoms with Gasteiger partial charge in [0.2, 0.25) is 5.91 Å². The number of methoxy groups -OCH3 is 1. The standard InChI is InChI=1S/C20H20ClN3O4/c1-12-7-8-13(11-14(12)19(26)28-2)22-20(27)23-16-9-10-24(18(16)25)17-6-4-3-5-15(17)21/h3-8,11,16H,9-10H2,1-2H3,(H2,22,23,27). The highest BCUT2D eigenvalue weighted by atomic mass is 35.5. The van der Waals surface area contributed by atoms with Gasteiger partial charge in [-0.15, -0.1) is 0 Å². The van der Waals surface area contributed by atoms with Crippen LogP contribution in [-0.2, 0) is 9.53 Å². The maximum Gasteiger partial charge on any atom is 0.338 e. The average molecular weight is 402 g/mol. The van der Waals surface area contributed by atoms with E-state index < -0.39 is 18.0 Å². The molecule has 1 unspecified atom stereocenters. The Labute approximate surface area is 167 Å². The summed E-state index contributed by atoms with van der Waals surface area (Å²) < 4.78 is 4.73. The minimum absolute atomic E-state index is 0.220. The zero-order chi connectivity index (χ0) is 20.3. The van der Waals surface area contributed by atoms with E-state index in [1.807, 2.05) is 0 Å². The van der Waals surface area contributed by atoms with E-state index in [4.69, 9.17) is 16.3 Å². The predicted octanol–water partition coefficient (Wildman–Crippen LogP) is 3.36. The molecule has 1 atom stereocenters. The molecule has 0 saturated carbocycles. The molecule has 3 amide bonds. The van der Waals surface area contributed by atoms with Crippen LogP contribution in [0.15, 0.2) is 42.5 Å². The Hall–Kier alpha value is -3.06. The molecule has 1 aliphatic rings. The molecule has 2 aromatic carbocycles. The van der Waals surface area contributed by atoms with Gasteiger partial charge in [-0.3, -0.25) is 4.79 Å². The second-order valence-corrected chi connectivity index (χ2v) is 6.81. The van der Waals surface area contributed by atoms with Gasteiger partial charge < -0.3 is 20.3 Å². The molecule has 1 aliphatic heterocycles. The first-order valence-corrected chi connectivity index (χ1v) is 9.11. The number of rotatable bonds is 4. The van der Waals surface area contributed by atoms with E-state index in [9.17, 15) is 14.4 Å². The summed E-state index contributed by atoms with van der Waals surface area (Å²) in [5.41, 5.74) is 2.15. The van der Waals surface area contributed by atoms with Crippen molar-refractivity contribution in [1.29, 1.82) is 0 Å². The average Bonchev–Trinajstić information content (AvgIpc) is 3.03. The van der Waals surface area contributed by atoms with Crippen LogP contribution in [0.25, 0.3) is 0 Å². The van der Waals surface area contributed by atoms with Gasteiger partial charge in [0, 0.05) is 12.2 Å². The number of amides is 3. The third-order valence-electron chi connectivity index (χ3n) is 4.55. The number of aryl methyl sites for hydroxylation is 1. The number of urea groups is 1. The third kappa shape index (κ3) is 4.09. The number of hydrogen-bond donors (Lipinski definition) is 2. The Morgan fingerprint density at radius 2 is 1.96 bits per heavy atom. The van der Waals surface area contributed by atoms with E-state index in [1.54, 1.807) is 48.2 Å². The number of ether oxygens (including phenoxy) is 1. The molecule has 0 aliphatic carbocycles. The molecule has 28 heavy (non-hydrogen) atoms. The summed E-state index contributed by atoms with van der Waals surface area (Å²) >= 11 is 6.16. The highest BCUT2D eigenvalue weighted by Crippen LogP contribution is 2.29. The van der Waals surface area contributed by atoms with Crippen molar-refractivity contribution >= 4 is 40.9 Å². The van der Waals surface area contributed by atoms with E-state index in [0.717, 1.165) is 5.56 Å². The van der Waals surface area contributed by atoms with E-state index in [2.05, 4.69) is 10.6 Å². The molecule has 7 nitrogen and oxygen atoms in total. The Morgan fingerprint density at radius 3 is 2.68 bits per heavy atom. The van der Waals surface area contributed by atoms with Gasteiger partial charge in [0.1, 0.15) is 6.04 Å². The summed E-state index contributed by atoms with van der Waals surface area (Å²) in [5.74, 6) is -0.703. The molecule has 8 heteroatoms. The quantitative estimate of drug-likeness (QED) is 0.769. The normalized spacial score (nSPS) is 16.0. The molecule has 1 saturated heterocycles. The Kier molecular flexibility index (Phi) is 5.84. The van der Waals surface area contributed by atoms with Crippen molar-refractivity contribution in [3.8, 4) is 0 Å². The number of nitrogens with one attached hydrogen (secondary N) is 2. The molecule has 2 N–H and O–H groups in total. The lowest BCUT2D eigenvalue weighted by Crippen LogP contribution is -2.43. The smallest absolute Gasteiger partial charge is 0.338 e. The number of carbonyl (C=O) groups excluding carboxylic acids is 3. The summed E-state index contributed by atoms with van der Waals surface area (Å²) in [6.07, 6.45) is 0.471. The molecule has 0 aromatic heterocycles. The van der Waals surface area contributed by atoms with Gasteiger partial charge in [-0.05, 0) is 43.2 Å². The second-order valence-electron chi connectivity index (χ2n) is 6.40. The Balaban J connectivity index is 1.65.